The first-order valence-corrected chi connectivity index (χ1v) is 7.45. The van der Waals surface area contributed by atoms with E-state index >= 15 is 0 Å². The molecular weight excluding hydrogens is 260 g/mol. The predicted octanol–water partition coefficient (Wildman–Crippen LogP) is -0.771. The van der Waals surface area contributed by atoms with Gasteiger partial charge in [0.05, 0.1) is 18.3 Å². The van der Waals surface area contributed by atoms with Crippen LogP contribution < -0.4 is 5.73 Å². The van der Waals surface area contributed by atoms with Crippen LogP contribution in [0.3, 0.4) is 0 Å². The second-order valence-electron chi connectivity index (χ2n) is 4.34. The van der Waals surface area contributed by atoms with Crippen LogP contribution in [-0.4, -0.2) is 61.9 Å². The summed E-state index contributed by atoms with van der Waals surface area (Å²) in [5.41, 5.74) is 5.59. The monoisotopic (exact) mass is 280 g/mol. The second-order valence-corrected chi connectivity index (χ2v) is 6.38. The molecule has 0 spiro atoms. The highest BCUT2D eigenvalue weighted by atomic mass is 32.2. The number of hydrogen-bond donors (Lipinski definition) is 2. The number of ether oxygens (including phenoxy) is 1. The third kappa shape index (κ3) is 3.91. The van der Waals surface area contributed by atoms with Crippen molar-refractivity contribution in [3.63, 3.8) is 0 Å². The Morgan fingerprint density at radius 1 is 1.56 bits per heavy atom. The van der Waals surface area contributed by atoms with Crippen LogP contribution in [0.25, 0.3) is 0 Å². The van der Waals surface area contributed by atoms with Gasteiger partial charge in [0.15, 0.2) is 0 Å². The summed E-state index contributed by atoms with van der Waals surface area (Å²) in [5.74, 6) is -1.49. The summed E-state index contributed by atoms with van der Waals surface area (Å²) in [7, 11) is -1.96. The van der Waals surface area contributed by atoms with Crippen LogP contribution in [-0.2, 0) is 19.6 Å². The van der Waals surface area contributed by atoms with E-state index in [0.717, 1.165) is 0 Å². The van der Waals surface area contributed by atoms with E-state index in [1.807, 2.05) is 0 Å². The predicted molar refractivity (Wildman–Crippen MR) is 65.6 cm³/mol. The standard InChI is InChI=1S/C10H20N2O5S/c1-17-9-2-4-12(8(6-9)7-11)18(15,16)5-3-10(13)14/h8-9H,2-7,11H2,1H3,(H,13,14). The molecule has 2 atom stereocenters. The van der Waals surface area contributed by atoms with Crippen LogP contribution in [0.4, 0.5) is 0 Å². The zero-order chi connectivity index (χ0) is 13.8. The quantitative estimate of drug-likeness (QED) is 0.661. The lowest BCUT2D eigenvalue weighted by Gasteiger charge is -2.37. The second kappa shape index (κ2) is 6.46. The van der Waals surface area contributed by atoms with Crippen molar-refractivity contribution < 1.29 is 23.1 Å². The first-order chi connectivity index (χ1) is 8.40. The molecule has 1 aliphatic heterocycles. The average Bonchev–Trinajstić information content (AvgIpc) is 2.35. The Labute approximate surface area is 107 Å². The summed E-state index contributed by atoms with van der Waals surface area (Å²) in [6, 6.07) is -0.303. The molecule has 0 amide bonds. The average molecular weight is 280 g/mol. The number of nitrogens with two attached hydrogens (primary N) is 1. The molecule has 7 nitrogen and oxygen atoms in total. The van der Waals surface area contributed by atoms with E-state index in [1.165, 1.54) is 4.31 Å². The van der Waals surface area contributed by atoms with E-state index in [-0.39, 0.29) is 30.9 Å². The molecule has 1 aliphatic rings. The number of carboxylic acid groups (broad SMARTS) is 1. The lowest BCUT2D eigenvalue weighted by atomic mass is 10.0. The Kier molecular flexibility index (Phi) is 5.51. The van der Waals surface area contributed by atoms with E-state index in [9.17, 15) is 13.2 Å². The molecule has 8 heteroatoms. The molecule has 18 heavy (non-hydrogen) atoms. The number of sulfonamides is 1. The molecule has 0 aliphatic carbocycles. The highest BCUT2D eigenvalue weighted by Gasteiger charge is 2.35. The molecule has 1 heterocycles. The van der Waals surface area contributed by atoms with E-state index in [4.69, 9.17) is 15.6 Å². The zero-order valence-corrected chi connectivity index (χ0v) is 11.2. The van der Waals surface area contributed by atoms with Crippen molar-refractivity contribution in [2.45, 2.75) is 31.4 Å². The molecule has 0 radical (unpaired) electrons. The van der Waals surface area contributed by atoms with Crippen molar-refractivity contribution in [3.8, 4) is 0 Å². The molecule has 2 unspecified atom stereocenters. The summed E-state index contributed by atoms with van der Waals surface area (Å²) in [5, 5.41) is 8.55. The van der Waals surface area contributed by atoms with E-state index < -0.39 is 16.0 Å². The summed E-state index contributed by atoms with van der Waals surface area (Å²) in [6.45, 7) is 0.550. The number of rotatable bonds is 6. The minimum atomic E-state index is -3.55. The van der Waals surface area contributed by atoms with Gasteiger partial charge in [-0.3, -0.25) is 4.79 Å². The number of hydrogen-bond acceptors (Lipinski definition) is 5. The van der Waals surface area contributed by atoms with Gasteiger partial charge in [-0.15, -0.1) is 0 Å². The number of carbonyl (C=O) groups is 1. The summed E-state index contributed by atoms with van der Waals surface area (Å²) >= 11 is 0. The highest BCUT2D eigenvalue weighted by Crippen LogP contribution is 2.22. The van der Waals surface area contributed by atoms with Crippen LogP contribution in [0.1, 0.15) is 19.3 Å². The lowest BCUT2D eigenvalue weighted by Crippen LogP contribution is -2.51. The van der Waals surface area contributed by atoms with Crippen molar-refractivity contribution in [1.29, 1.82) is 0 Å². The Morgan fingerprint density at radius 3 is 2.72 bits per heavy atom. The minimum absolute atomic E-state index is 0.0180. The Bertz CT molecular complexity index is 384. The van der Waals surface area contributed by atoms with E-state index in [0.29, 0.717) is 19.4 Å². The number of nitrogens with zero attached hydrogens (tertiary/aromatic N) is 1. The van der Waals surface area contributed by atoms with Gasteiger partial charge in [-0.05, 0) is 12.8 Å². The maximum absolute atomic E-state index is 12.0. The van der Waals surface area contributed by atoms with E-state index in [2.05, 4.69) is 0 Å². The van der Waals surface area contributed by atoms with Gasteiger partial charge in [-0.1, -0.05) is 0 Å². The maximum atomic E-state index is 12.0. The summed E-state index contributed by atoms with van der Waals surface area (Å²) < 4.78 is 30.6. The molecule has 1 saturated heterocycles. The van der Waals surface area contributed by atoms with Crippen molar-refractivity contribution in [2.75, 3.05) is 26.0 Å². The van der Waals surface area contributed by atoms with Crippen LogP contribution in [0.15, 0.2) is 0 Å². The Hall–Kier alpha value is -0.700. The van der Waals surface area contributed by atoms with Crippen LogP contribution in [0.2, 0.25) is 0 Å². The molecule has 0 aromatic rings. The maximum Gasteiger partial charge on any atom is 0.304 e. The van der Waals surface area contributed by atoms with Crippen molar-refractivity contribution >= 4 is 16.0 Å². The van der Waals surface area contributed by atoms with Crippen LogP contribution in [0.5, 0.6) is 0 Å². The SMILES string of the molecule is COC1CCN(S(=O)(=O)CCC(=O)O)C(CN)C1. The molecule has 0 bridgehead atoms. The number of aliphatic carboxylic acids is 1. The smallest absolute Gasteiger partial charge is 0.304 e. The Balaban J connectivity index is 2.71. The molecule has 0 aromatic carbocycles. The largest absolute Gasteiger partial charge is 0.481 e. The lowest BCUT2D eigenvalue weighted by molar-refractivity contribution is -0.136. The number of piperidine rings is 1. The Morgan fingerprint density at radius 2 is 2.22 bits per heavy atom. The fourth-order valence-corrected chi connectivity index (χ4v) is 3.80. The molecule has 0 aromatic heterocycles. The molecule has 1 rings (SSSR count). The summed E-state index contributed by atoms with van der Waals surface area (Å²) in [4.78, 5) is 10.5. The number of carboxylic acids is 1. The van der Waals surface area contributed by atoms with Gasteiger partial charge < -0.3 is 15.6 Å². The molecule has 1 fully saturated rings. The molecule has 106 valence electrons. The first-order valence-electron chi connectivity index (χ1n) is 5.85. The van der Waals surface area contributed by atoms with Crippen molar-refractivity contribution in [1.82, 2.24) is 4.31 Å². The fourth-order valence-electron chi connectivity index (χ4n) is 2.12. The summed E-state index contributed by atoms with van der Waals surface area (Å²) in [6.07, 6.45) is 0.798. The van der Waals surface area contributed by atoms with Gasteiger partial charge in [-0.2, -0.15) is 4.31 Å². The minimum Gasteiger partial charge on any atom is -0.481 e. The molecule has 0 saturated carbocycles. The van der Waals surface area contributed by atoms with Crippen LogP contribution in [0, 0.1) is 0 Å². The van der Waals surface area contributed by atoms with Gasteiger partial charge in [0, 0.05) is 26.2 Å². The van der Waals surface area contributed by atoms with Gasteiger partial charge in [-0.25, -0.2) is 8.42 Å². The van der Waals surface area contributed by atoms with Gasteiger partial charge in [0.25, 0.3) is 0 Å². The van der Waals surface area contributed by atoms with Gasteiger partial charge in [0.2, 0.25) is 10.0 Å². The third-order valence-corrected chi connectivity index (χ3v) is 5.07. The normalized spacial score (nSPS) is 26.1. The number of methoxy groups -OCH3 is 1. The first kappa shape index (κ1) is 15.4. The van der Waals surface area contributed by atoms with Gasteiger partial charge >= 0.3 is 5.97 Å². The topological polar surface area (TPSA) is 110 Å². The molecular formula is C10H20N2O5S. The zero-order valence-electron chi connectivity index (χ0n) is 10.4. The fraction of sp³-hybridized carbons (Fsp3) is 0.900. The van der Waals surface area contributed by atoms with Crippen molar-refractivity contribution in [2.24, 2.45) is 5.73 Å². The van der Waals surface area contributed by atoms with Crippen molar-refractivity contribution in [3.05, 3.63) is 0 Å². The molecule has 3 N–H and O–H groups in total. The van der Waals surface area contributed by atoms with Gasteiger partial charge in [0.1, 0.15) is 0 Å². The highest BCUT2D eigenvalue weighted by molar-refractivity contribution is 7.89. The third-order valence-electron chi connectivity index (χ3n) is 3.15. The van der Waals surface area contributed by atoms with Crippen LogP contribution >= 0.6 is 0 Å². The van der Waals surface area contributed by atoms with E-state index in [1.54, 1.807) is 7.11 Å².